The van der Waals surface area contributed by atoms with Gasteiger partial charge < -0.3 is 24.8 Å². The van der Waals surface area contributed by atoms with E-state index in [0.29, 0.717) is 84.7 Å². The predicted octanol–water partition coefficient (Wildman–Crippen LogP) is 5.63. The molecule has 1 atom stereocenters. The van der Waals surface area contributed by atoms with Crippen LogP contribution < -0.4 is 24.8 Å². The second-order valence-electron chi connectivity index (χ2n) is 10.7. The largest absolute Gasteiger partial charge is 0.486 e. The van der Waals surface area contributed by atoms with Gasteiger partial charge in [0.05, 0.1) is 5.52 Å². The number of nitrogens with one attached hydrogen (secondary N) is 2. The molecule has 4 aromatic rings. The van der Waals surface area contributed by atoms with Gasteiger partial charge in [-0.1, -0.05) is 6.07 Å². The van der Waals surface area contributed by atoms with Crippen LogP contribution in [0.2, 0.25) is 0 Å². The monoisotopic (exact) mass is 584 g/mol. The van der Waals surface area contributed by atoms with Crippen LogP contribution in [0.15, 0.2) is 66.7 Å². The normalized spacial score (nSPS) is 16.5. The lowest BCUT2D eigenvalue weighted by Crippen LogP contribution is -2.38. The summed E-state index contributed by atoms with van der Waals surface area (Å²) >= 11 is 0. The topological polar surface area (TPSA) is 102 Å². The third-order valence-corrected chi connectivity index (χ3v) is 7.58. The Labute approximate surface area is 249 Å². The lowest BCUT2D eigenvalue weighted by atomic mass is 10.1. The zero-order valence-corrected chi connectivity index (χ0v) is 23.9. The summed E-state index contributed by atoms with van der Waals surface area (Å²) in [6.07, 6.45) is 0.747. The van der Waals surface area contributed by atoms with Crippen molar-refractivity contribution in [2.24, 2.45) is 0 Å². The van der Waals surface area contributed by atoms with Crippen LogP contribution in [-0.2, 0) is 0 Å². The number of hydrogen-bond donors (Lipinski definition) is 2. The molecular formula is C33H33FN4O5. The number of aryl methyl sites for hydroxylation is 1. The summed E-state index contributed by atoms with van der Waals surface area (Å²) < 4.78 is 30.5. The van der Waals surface area contributed by atoms with Gasteiger partial charge in [0.25, 0.3) is 11.8 Å². The van der Waals surface area contributed by atoms with E-state index >= 15 is 0 Å². The molecule has 222 valence electrons. The average Bonchev–Trinajstić information content (AvgIpc) is 3.02. The molecule has 1 fully saturated rings. The molecule has 0 spiro atoms. The van der Waals surface area contributed by atoms with Crippen LogP contribution in [0.5, 0.6) is 17.4 Å². The van der Waals surface area contributed by atoms with Crippen molar-refractivity contribution in [3.63, 3.8) is 0 Å². The number of hydrogen-bond acceptors (Lipinski definition) is 7. The number of likely N-dealkylation sites (tertiary alicyclic amines) is 1. The molecule has 1 aromatic heterocycles. The fraction of sp³-hybridized carbons (Fsp3) is 0.303. The van der Waals surface area contributed by atoms with Crippen LogP contribution in [0.4, 0.5) is 15.8 Å². The Morgan fingerprint density at radius 3 is 2.60 bits per heavy atom. The molecule has 43 heavy (non-hydrogen) atoms. The van der Waals surface area contributed by atoms with Gasteiger partial charge in [0.15, 0.2) is 11.5 Å². The molecule has 2 aliphatic heterocycles. The van der Waals surface area contributed by atoms with Crippen LogP contribution in [0.3, 0.4) is 0 Å². The number of ether oxygens (including phenoxy) is 3. The molecule has 3 heterocycles. The standard InChI is InChI=1S/C33H33FN4O5/c1-21-4-8-26(35-32(39)24-6-10-29-30(18-24)42-16-15-41-29)19-28(21)37-33(40)23-5-9-27-22(17-23)7-11-31(36-27)43-14-13-38-12-2-3-25(34)20-38/h4-11,17-19,25H,2-3,12-16,20H2,1H3,(H,35,39)(H,37,40). The van der Waals surface area contributed by atoms with Gasteiger partial charge in [-0.15, -0.1) is 0 Å². The van der Waals surface area contributed by atoms with Crippen LogP contribution in [-0.4, -0.2) is 67.3 Å². The average molecular weight is 585 g/mol. The van der Waals surface area contributed by atoms with Gasteiger partial charge in [0, 0.05) is 47.0 Å². The molecule has 2 amide bonds. The van der Waals surface area contributed by atoms with Crippen molar-refractivity contribution < 1.29 is 28.2 Å². The molecule has 0 saturated carbocycles. The quantitative estimate of drug-likeness (QED) is 0.277. The molecule has 1 saturated heterocycles. The van der Waals surface area contributed by atoms with Crippen molar-refractivity contribution in [1.29, 1.82) is 0 Å². The minimum Gasteiger partial charge on any atom is -0.486 e. The number of rotatable bonds is 8. The van der Waals surface area contributed by atoms with Crippen molar-refractivity contribution in [2.45, 2.75) is 25.9 Å². The summed E-state index contributed by atoms with van der Waals surface area (Å²) in [5, 5.41) is 6.64. The van der Waals surface area contributed by atoms with E-state index in [2.05, 4.69) is 20.5 Å². The molecular weight excluding hydrogens is 551 g/mol. The highest BCUT2D eigenvalue weighted by Gasteiger charge is 2.19. The number of halogens is 1. The number of fused-ring (bicyclic) bond motifs is 2. The van der Waals surface area contributed by atoms with Crippen LogP contribution in [0, 0.1) is 6.92 Å². The Balaban J connectivity index is 1.08. The van der Waals surface area contributed by atoms with Gasteiger partial charge in [0.1, 0.15) is 26.0 Å². The number of nitrogens with zero attached hydrogens (tertiary/aromatic N) is 2. The molecule has 0 bridgehead atoms. The van der Waals surface area contributed by atoms with Gasteiger partial charge in [-0.2, -0.15) is 0 Å². The Bertz CT molecular complexity index is 1660. The maximum atomic E-state index is 13.6. The summed E-state index contributed by atoms with van der Waals surface area (Å²) in [6.45, 7) is 5.23. The number of pyridine rings is 1. The van der Waals surface area contributed by atoms with Crippen LogP contribution in [0.25, 0.3) is 10.9 Å². The first-order valence-electron chi connectivity index (χ1n) is 14.4. The van der Waals surface area contributed by atoms with E-state index < -0.39 is 6.17 Å². The van der Waals surface area contributed by atoms with E-state index in [0.717, 1.165) is 23.9 Å². The maximum absolute atomic E-state index is 13.6. The minimum atomic E-state index is -0.760. The predicted molar refractivity (Wildman–Crippen MR) is 162 cm³/mol. The lowest BCUT2D eigenvalue weighted by Gasteiger charge is -2.28. The van der Waals surface area contributed by atoms with E-state index in [1.54, 1.807) is 54.6 Å². The van der Waals surface area contributed by atoms with E-state index in [4.69, 9.17) is 14.2 Å². The van der Waals surface area contributed by atoms with Crippen molar-refractivity contribution in [3.8, 4) is 17.4 Å². The Hall–Kier alpha value is -4.70. The summed E-state index contributed by atoms with van der Waals surface area (Å²) in [5.74, 6) is 1.06. The number of benzene rings is 3. The van der Waals surface area contributed by atoms with Gasteiger partial charge in [-0.3, -0.25) is 14.5 Å². The number of amides is 2. The highest BCUT2D eigenvalue weighted by molar-refractivity contribution is 6.08. The van der Waals surface area contributed by atoms with E-state index in [9.17, 15) is 14.0 Å². The number of alkyl halides is 1. The first-order chi connectivity index (χ1) is 20.9. The second-order valence-corrected chi connectivity index (χ2v) is 10.7. The van der Waals surface area contributed by atoms with Crippen molar-refractivity contribution >= 4 is 34.1 Å². The van der Waals surface area contributed by atoms with Crippen molar-refractivity contribution in [1.82, 2.24) is 9.88 Å². The number of carbonyl (C=O) groups excluding carboxylic acids is 2. The zero-order chi connectivity index (χ0) is 29.8. The van der Waals surface area contributed by atoms with E-state index in [-0.39, 0.29) is 11.8 Å². The van der Waals surface area contributed by atoms with Crippen molar-refractivity contribution in [2.75, 3.05) is 50.1 Å². The van der Waals surface area contributed by atoms with Gasteiger partial charge >= 0.3 is 0 Å². The highest BCUT2D eigenvalue weighted by Crippen LogP contribution is 2.31. The smallest absolute Gasteiger partial charge is 0.255 e. The summed E-state index contributed by atoms with van der Waals surface area (Å²) in [6, 6.07) is 19.3. The summed E-state index contributed by atoms with van der Waals surface area (Å²) in [5.41, 5.74) is 3.59. The molecule has 0 radical (unpaired) electrons. The number of aromatic nitrogens is 1. The molecule has 0 aliphatic carbocycles. The SMILES string of the molecule is Cc1ccc(NC(=O)c2ccc3c(c2)OCCO3)cc1NC(=O)c1ccc2nc(OCCN3CCCC(F)C3)ccc2c1. The second kappa shape index (κ2) is 12.7. The first-order valence-corrected chi connectivity index (χ1v) is 14.4. The molecule has 1 unspecified atom stereocenters. The Morgan fingerprint density at radius 1 is 0.953 bits per heavy atom. The Morgan fingerprint density at radius 2 is 1.74 bits per heavy atom. The fourth-order valence-electron chi connectivity index (χ4n) is 5.23. The van der Waals surface area contributed by atoms with E-state index in [1.807, 2.05) is 19.1 Å². The minimum absolute atomic E-state index is 0.284. The third kappa shape index (κ3) is 6.86. The zero-order valence-electron chi connectivity index (χ0n) is 23.9. The third-order valence-electron chi connectivity index (χ3n) is 7.58. The molecule has 10 heteroatoms. The van der Waals surface area contributed by atoms with E-state index in [1.165, 1.54) is 0 Å². The summed E-state index contributed by atoms with van der Waals surface area (Å²) in [7, 11) is 0. The number of anilines is 2. The Kier molecular flexibility index (Phi) is 8.37. The fourth-order valence-corrected chi connectivity index (χ4v) is 5.23. The molecule has 3 aromatic carbocycles. The molecule has 9 nitrogen and oxygen atoms in total. The van der Waals surface area contributed by atoms with Gasteiger partial charge in [0.2, 0.25) is 5.88 Å². The lowest BCUT2D eigenvalue weighted by molar-refractivity contribution is 0.101. The van der Waals surface area contributed by atoms with Gasteiger partial charge in [-0.05, 0) is 86.5 Å². The number of piperidine rings is 1. The molecule has 6 rings (SSSR count). The van der Waals surface area contributed by atoms with Crippen LogP contribution >= 0.6 is 0 Å². The summed E-state index contributed by atoms with van der Waals surface area (Å²) in [4.78, 5) is 32.7. The highest BCUT2D eigenvalue weighted by atomic mass is 19.1. The molecule has 2 N–H and O–H groups in total. The molecule has 2 aliphatic rings. The van der Waals surface area contributed by atoms with Crippen LogP contribution in [0.1, 0.15) is 39.1 Å². The van der Waals surface area contributed by atoms with Crippen molar-refractivity contribution in [3.05, 3.63) is 83.4 Å². The number of carbonyl (C=O) groups is 2. The van der Waals surface area contributed by atoms with Gasteiger partial charge in [-0.25, -0.2) is 9.37 Å². The maximum Gasteiger partial charge on any atom is 0.255 e. The first kappa shape index (κ1) is 28.4.